The van der Waals surface area contributed by atoms with Crippen LogP contribution in [0.25, 0.3) is 0 Å². The minimum atomic E-state index is -0.978. The van der Waals surface area contributed by atoms with E-state index in [1.807, 2.05) is 18.2 Å². The number of piperidine rings is 1. The van der Waals surface area contributed by atoms with Crippen LogP contribution in [0.2, 0.25) is 0 Å². The highest BCUT2D eigenvalue weighted by molar-refractivity contribution is 5.94. The molecular weight excluding hydrogens is 320 g/mol. The van der Waals surface area contributed by atoms with Crippen LogP contribution in [0, 0.1) is 11.8 Å². The third kappa shape index (κ3) is 4.59. The van der Waals surface area contributed by atoms with Crippen molar-refractivity contribution >= 4 is 17.8 Å². The zero-order valence-electron chi connectivity index (χ0n) is 14.2. The molecule has 2 N–H and O–H groups in total. The maximum absolute atomic E-state index is 12.6. The Morgan fingerprint density at radius 2 is 1.88 bits per heavy atom. The van der Waals surface area contributed by atoms with Crippen molar-refractivity contribution in [1.82, 2.24) is 10.2 Å². The van der Waals surface area contributed by atoms with Crippen LogP contribution >= 0.6 is 0 Å². The van der Waals surface area contributed by atoms with E-state index in [9.17, 15) is 19.5 Å². The molecule has 2 fully saturated rings. The molecule has 2 unspecified atom stereocenters. The third-order valence-electron chi connectivity index (χ3n) is 4.98. The molecule has 3 rings (SSSR count). The quantitative estimate of drug-likeness (QED) is 0.825. The van der Waals surface area contributed by atoms with Gasteiger partial charge in [0.1, 0.15) is 6.04 Å². The number of hydrogen-bond donors (Lipinski definition) is 2. The van der Waals surface area contributed by atoms with E-state index in [-0.39, 0.29) is 17.7 Å². The lowest BCUT2D eigenvalue weighted by Crippen LogP contribution is -2.49. The van der Waals surface area contributed by atoms with Gasteiger partial charge in [0.15, 0.2) is 0 Å². The van der Waals surface area contributed by atoms with E-state index < -0.39 is 12.0 Å². The monoisotopic (exact) mass is 344 g/mol. The molecule has 25 heavy (non-hydrogen) atoms. The average Bonchev–Trinajstić information content (AvgIpc) is 3.45. The van der Waals surface area contributed by atoms with Gasteiger partial charge in [-0.25, -0.2) is 4.79 Å². The Labute approximate surface area is 147 Å². The second-order valence-electron chi connectivity index (χ2n) is 7.03. The molecular formula is C19H24N2O4. The number of nitrogens with zero attached hydrogens (tertiary/aromatic N) is 1. The maximum atomic E-state index is 12.6. The zero-order chi connectivity index (χ0) is 17.8. The molecule has 0 aromatic heterocycles. The predicted molar refractivity (Wildman–Crippen MR) is 92.0 cm³/mol. The summed E-state index contributed by atoms with van der Waals surface area (Å²) in [5.74, 6) is -1.23. The molecule has 2 amide bonds. The Morgan fingerprint density at radius 1 is 1.16 bits per heavy atom. The molecule has 1 aliphatic carbocycles. The van der Waals surface area contributed by atoms with Gasteiger partial charge in [0.05, 0.1) is 5.92 Å². The van der Waals surface area contributed by atoms with Crippen molar-refractivity contribution in [1.29, 1.82) is 0 Å². The van der Waals surface area contributed by atoms with Gasteiger partial charge >= 0.3 is 5.97 Å². The van der Waals surface area contributed by atoms with Crippen LogP contribution < -0.4 is 5.32 Å². The van der Waals surface area contributed by atoms with Gasteiger partial charge in [0, 0.05) is 18.7 Å². The van der Waals surface area contributed by atoms with Crippen LogP contribution in [-0.4, -0.2) is 46.9 Å². The number of carbonyl (C=O) groups excluding carboxylic acids is 2. The first-order valence-electron chi connectivity index (χ1n) is 8.92. The van der Waals surface area contributed by atoms with Gasteiger partial charge in [-0.3, -0.25) is 9.59 Å². The summed E-state index contributed by atoms with van der Waals surface area (Å²) < 4.78 is 0. The van der Waals surface area contributed by atoms with Gasteiger partial charge < -0.3 is 15.3 Å². The fourth-order valence-electron chi connectivity index (χ4n) is 3.34. The van der Waals surface area contributed by atoms with E-state index in [0.29, 0.717) is 37.4 Å². The summed E-state index contributed by atoms with van der Waals surface area (Å²) in [7, 11) is 0. The van der Waals surface area contributed by atoms with Gasteiger partial charge in [0.2, 0.25) is 5.91 Å². The molecule has 6 heteroatoms. The van der Waals surface area contributed by atoms with Crippen molar-refractivity contribution in [2.24, 2.45) is 11.8 Å². The van der Waals surface area contributed by atoms with Gasteiger partial charge in [-0.2, -0.15) is 0 Å². The zero-order valence-corrected chi connectivity index (χ0v) is 14.2. The first-order chi connectivity index (χ1) is 12.0. The Hall–Kier alpha value is -2.37. The fraction of sp³-hybridized carbons (Fsp3) is 0.526. The van der Waals surface area contributed by atoms with Crippen LogP contribution in [0.5, 0.6) is 0 Å². The third-order valence-corrected chi connectivity index (χ3v) is 4.98. The second kappa shape index (κ2) is 7.68. The lowest BCUT2D eigenvalue weighted by atomic mass is 9.95. The van der Waals surface area contributed by atoms with Crippen molar-refractivity contribution in [3.05, 3.63) is 35.9 Å². The molecule has 6 nitrogen and oxygen atoms in total. The van der Waals surface area contributed by atoms with E-state index in [1.165, 1.54) is 0 Å². The van der Waals surface area contributed by atoms with Crippen molar-refractivity contribution in [3.8, 4) is 0 Å². The van der Waals surface area contributed by atoms with Crippen LogP contribution in [0.4, 0.5) is 0 Å². The van der Waals surface area contributed by atoms with E-state index in [1.54, 1.807) is 17.0 Å². The smallest absolute Gasteiger partial charge is 0.326 e. The molecule has 1 heterocycles. The van der Waals surface area contributed by atoms with Crippen LogP contribution in [-0.2, 0) is 9.59 Å². The summed E-state index contributed by atoms with van der Waals surface area (Å²) in [6.07, 6.45) is 4.02. The number of amides is 2. The molecule has 1 aromatic rings. The van der Waals surface area contributed by atoms with Crippen molar-refractivity contribution in [3.63, 3.8) is 0 Å². The summed E-state index contributed by atoms with van der Waals surface area (Å²) >= 11 is 0. The molecule has 1 aromatic carbocycles. The average molecular weight is 344 g/mol. The van der Waals surface area contributed by atoms with Crippen LogP contribution in [0.15, 0.2) is 30.3 Å². The topological polar surface area (TPSA) is 86.7 Å². The number of carboxylic acids is 1. The van der Waals surface area contributed by atoms with Crippen molar-refractivity contribution in [2.45, 2.75) is 38.1 Å². The largest absolute Gasteiger partial charge is 0.480 e. The van der Waals surface area contributed by atoms with Crippen LogP contribution in [0.1, 0.15) is 42.5 Å². The minimum Gasteiger partial charge on any atom is -0.480 e. The number of carbonyl (C=O) groups is 3. The number of hydrogen-bond acceptors (Lipinski definition) is 3. The molecule has 0 spiro atoms. The number of nitrogens with one attached hydrogen (secondary N) is 1. The number of carboxylic acid groups (broad SMARTS) is 1. The lowest BCUT2D eigenvalue weighted by Gasteiger charge is -2.32. The predicted octanol–water partition coefficient (Wildman–Crippen LogP) is 1.91. The minimum absolute atomic E-state index is 0.0779. The Balaban J connectivity index is 1.59. The van der Waals surface area contributed by atoms with E-state index in [0.717, 1.165) is 19.3 Å². The molecule has 1 aliphatic heterocycles. The molecule has 0 bridgehead atoms. The first-order valence-corrected chi connectivity index (χ1v) is 8.92. The number of likely N-dealkylation sites (tertiary alicyclic amines) is 1. The molecule has 2 aliphatic rings. The number of rotatable bonds is 6. The summed E-state index contributed by atoms with van der Waals surface area (Å²) in [4.78, 5) is 38.1. The van der Waals surface area contributed by atoms with E-state index >= 15 is 0 Å². The Bertz CT molecular complexity index is 642. The summed E-state index contributed by atoms with van der Waals surface area (Å²) in [6.45, 7) is 0.970. The highest BCUT2D eigenvalue weighted by atomic mass is 16.4. The molecule has 1 saturated heterocycles. The maximum Gasteiger partial charge on any atom is 0.326 e. The van der Waals surface area contributed by atoms with Gasteiger partial charge in [-0.05, 0) is 37.3 Å². The van der Waals surface area contributed by atoms with Crippen LogP contribution in [0.3, 0.4) is 0 Å². The Kier molecular flexibility index (Phi) is 5.36. The SMILES string of the molecule is O=C(NC(CC1CC1)C(=O)O)C1CCCN(C(=O)c2ccccc2)C1. The van der Waals surface area contributed by atoms with E-state index in [4.69, 9.17) is 0 Å². The van der Waals surface area contributed by atoms with Gasteiger partial charge in [-0.15, -0.1) is 0 Å². The van der Waals surface area contributed by atoms with Crippen molar-refractivity contribution in [2.75, 3.05) is 13.1 Å². The fourth-order valence-corrected chi connectivity index (χ4v) is 3.34. The summed E-state index contributed by atoms with van der Waals surface area (Å²) in [5.41, 5.74) is 0.612. The second-order valence-corrected chi connectivity index (χ2v) is 7.03. The van der Waals surface area contributed by atoms with Gasteiger partial charge in [-0.1, -0.05) is 31.0 Å². The molecule has 134 valence electrons. The van der Waals surface area contributed by atoms with Crippen molar-refractivity contribution < 1.29 is 19.5 Å². The lowest BCUT2D eigenvalue weighted by molar-refractivity contribution is -0.143. The highest BCUT2D eigenvalue weighted by Gasteiger charge is 2.34. The number of benzene rings is 1. The highest BCUT2D eigenvalue weighted by Crippen LogP contribution is 2.33. The van der Waals surface area contributed by atoms with E-state index in [2.05, 4.69) is 5.32 Å². The standard InChI is InChI=1S/C19H24N2O4/c22-17(20-16(19(24)25)11-13-8-9-13)15-7-4-10-21(12-15)18(23)14-5-2-1-3-6-14/h1-3,5-6,13,15-16H,4,7-12H2,(H,20,22)(H,24,25). The normalized spacial score (nSPS) is 21.4. The van der Waals surface area contributed by atoms with Gasteiger partial charge in [0.25, 0.3) is 5.91 Å². The summed E-state index contributed by atoms with van der Waals surface area (Å²) in [6, 6.07) is 8.20. The first kappa shape index (κ1) is 17.5. The Morgan fingerprint density at radius 3 is 2.52 bits per heavy atom. The number of aliphatic carboxylic acids is 1. The molecule has 2 atom stereocenters. The summed E-state index contributed by atoms with van der Waals surface area (Å²) in [5, 5.41) is 12.0. The molecule has 0 radical (unpaired) electrons. The molecule has 1 saturated carbocycles.